The zero-order valence-electron chi connectivity index (χ0n) is 9.72. The first-order chi connectivity index (χ1) is 7.86. The second kappa shape index (κ2) is 5.27. The largest absolute Gasteiger partial charge is 0.320 e. The molecule has 0 bridgehead atoms. The first kappa shape index (κ1) is 12.7. The van der Waals surface area contributed by atoms with Crippen LogP contribution in [0.15, 0.2) is 40.2 Å². The maximum Gasteiger partial charge on any atom is 0.168 e. The van der Waals surface area contributed by atoms with E-state index in [-0.39, 0.29) is 17.0 Å². The Morgan fingerprint density at radius 2 is 2.00 bits per heavy atom. The molecule has 0 N–H and O–H groups in total. The van der Waals surface area contributed by atoms with Crippen molar-refractivity contribution in [1.82, 2.24) is 4.90 Å². The van der Waals surface area contributed by atoms with Crippen molar-refractivity contribution in [3.63, 3.8) is 0 Å². The molecule has 90 valence electrons. The number of benzene rings is 1. The van der Waals surface area contributed by atoms with E-state index in [0.29, 0.717) is 0 Å². The number of amidine groups is 1. The van der Waals surface area contributed by atoms with Crippen molar-refractivity contribution in [2.45, 2.75) is 13.3 Å². The van der Waals surface area contributed by atoms with Crippen molar-refractivity contribution < 1.29 is 0 Å². The zero-order chi connectivity index (χ0) is 11.0. The molecular formula is C13H15BrN2S. The van der Waals surface area contributed by atoms with Gasteiger partial charge in [0.1, 0.15) is 0 Å². The third-order valence-corrected chi connectivity index (χ3v) is 3.94. The highest BCUT2D eigenvalue weighted by Gasteiger charge is 2.29. The molecule has 0 unspecified atom stereocenters. The van der Waals surface area contributed by atoms with Gasteiger partial charge in [-0.05, 0) is 18.9 Å². The highest BCUT2D eigenvalue weighted by molar-refractivity contribution is 8.93. The minimum absolute atomic E-state index is 0. The van der Waals surface area contributed by atoms with Crippen molar-refractivity contribution in [2.75, 3.05) is 13.1 Å². The number of allylic oxidation sites excluding steroid dienone is 1. The quantitative estimate of drug-likeness (QED) is 0.785. The summed E-state index contributed by atoms with van der Waals surface area (Å²) in [5, 5.41) is 1.18. The lowest BCUT2D eigenvalue weighted by molar-refractivity contribution is 0.541. The predicted molar refractivity (Wildman–Crippen MR) is 80.6 cm³/mol. The Hall–Kier alpha value is -0.740. The summed E-state index contributed by atoms with van der Waals surface area (Å²) in [7, 11) is 0. The van der Waals surface area contributed by atoms with Crippen molar-refractivity contribution in [2.24, 2.45) is 4.99 Å². The maximum atomic E-state index is 4.58. The minimum atomic E-state index is 0. The number of aliphatic imine (C=N–C) groups is 1. The van der Waals surface area contributed by atoms with E-state index in [4.69, 9.17) is 0 Å². The molecule has 0 saturated carbocycles. The Kier molecular flexibility index (Phi) is 3.94. The average Bonchev–Trinajstić information content (AvgIpc) is 2.66. The summed E-state index contributed by atoms with van der Waals surface area (Å²) in [6, 6.07) is 10.6. The molecule has 0 aromatic heterocycles. The number of fused-ring (bicyclic) bond motifs is 1. The van der Waals surface area contributed by atoms with Gasteiger partial charge in [-0.2, -0.15) is 0 Å². The SMILES string of the molecule is Br.CC1=C(c2ccccc2)N2CCCN=C2S1. The summed E-state index contributed by atoms with van der Waals surface area (Å²) >= 11 is 1.81. The van der Waals surface area contributed by atoms with Gasteiger partial charge in [-0.15, -0.1) is 17.0 Å². The number of halogens is 1. The Morgan fingerprint density at radius 1 is 1.24 bits per heavy atom. The van der Waals surface area contributed by atoms with Crippen LogP contribution in [0.2, 0.25) is 0 Å². The van der Waals surface area contributed by atoms with Gasteiger partial charge in [-0.25, -0.2) is 0 Å². The molecule has 2 aliphatic rings. The van der Waals surface area contributed by atoms with Crippen molar-refractivity contribution in [1.29, 1.82) is 0 Å². The summed E-state index contributed by atoms with van der Waals surface area (Å²) in [5.74, 6) is 0. The second-order valence-electron chi connectivity index (χ2n) is 4.04. The van der Waals surface area contributed by atoms with Crippen LogP contribution in [0.3, 0.4) is 0 Å². The third kappa shape index (κ3) is 2.29. The summed E-state index contributed by atoms with van der Waals surface area (Å²) in [4.78, 5) is 8.31. The van der Waals surface area contributed by atoms with Gasteiger partial charge in [0, 0.05) is 18.0 Å². The third-order valence-electron chi connectivity index (χ3n) is 2.91. The van der Waals surface area contributed by atoms with E-state index < -0.39 is 0 Å². The van der Waals surface area contributed by atoms with Crippen LogP contribution in [0.1, 0.15) is 18.9 Å². The molecule has 1 aromatic carbocycles. The standard InChI is InChI=1S/C13H14N2S.BrH/c1-10-12(11-6-3-2-4-7-11)15-9-5-8-14-13(15)16-10;/h2-4,6-7H,5,8-9H2,1H3;1H. The molecule has 4 heteroatoms. The van der Waals surface area contributed by atoms with Crippen LogP contribution in [0.5, 0.6) is 0 Å². The zero-order valence-corrected chi connectivity index (χ0v) is 12.2. The Bertz CT molecular complexity index is 468. The van der Waals surface area contributed by atoms with Crippen molar-refractivity contribution in [3.8, 4) is 0 Å². The van der Waals surface area contributed by atoms with Gasteiger partial charge in [0.25, 0.3) is 0 Å². The van der Waals surface area contributed by atoms with E-state index in [1.54, 1.807) is 0 Å². The van der Waals surface area contributed by atoms with Crippen molar-refractivity contribution >= 4 is 39.6 Å². The van der Waals surface area contributed by atoms with E-state index >= 15 is 0 Å². The number of hydrogen-bond acceptors (Lipinski definition) is 3. The predicted octanol–water partition coefficient (Wildman–Crippen LogP) is 3.76. The van der Waals surface area contributed by atoms with Gasteiger partial charge in [-0.1, -0.05) is 42.1 Å². The van der Waals surface area contributed by atoms with Crippen LogP contribution in [-0.4, -0.2) is 23.2 Å². The molecule has 3 rings (SSSR count). The van der Waals surface area contributed by atoms with Crippen LogP contribution in [0, 0.1) is 0 Å². The van der Waals surface area contributed by atoms with Gasteiger partial charge in [0.15, 0.2) is 5.17 Å². The van der Waals surface area contributed by atoms with Crippen LogP contribution >= 0.6 is 28.7 Å². The van der Waals surface area contributed by atoms with Gasteiger partial charge in [0.2, 0.25) is 0 Å². The number of nitrogens with zero attached hydrogens (tertiary/aromatic N) is 2. The fourth-order valence-corrected chi connectivity index (χ4v) is 3.26. The van der Waals surface area contributed by atoms with E-state index in [1.807, 2.05) is 11.8 Å². The van der Waals surface area contributed by atoms with Crippen LogP contribution < -0.4 is 0 Å². The van der Waals surface area contributed by atoms with Crippen LogP contribution in [0.25, 0.3) is 5.70 Å². The summed E-state index contributed by atoms with van der Waals surface area (Å²) < 4.78 is 0. The number of thioether (sulfide) groups is 1. The van der Waals surface area contributed by atoms with Gasteiger partial charge in [-0.3, -0.25) is 4.99 Å². The lowest BCUT2D eigenvalue weighted by Gasteiger charge is -2.25. The fourth-order valence-electron chi connectivity index (χ4n) is 2.21. The molecule has 1 aromatic rings. The van der Waals surface area contributed by atoms with Gasteiger partial charge in [0.05, 0.1) is 5.70 Å². The monoisotopic (exact) mass is 310 g/mol. The lowest BCUT2D eigenvalue weighted by atomic mass is 10.1. The van der Waals surface area contributed by atoms with Gasteiger partial charge < -0.3 is 4.90 Å². The summed E-state index contributed by atoms with van der Waals surface area (Å²) in [6.07, 6.45) is 1.16. The molecule has 0 saturated heterocycles. The molecule has 17 heavy (non-hydrogen) atoms. The molecule has 0 fully saturated rings. The van der Waals surface area contributed by atoms with E-state index in [0.717, 1.165) is 19.5 Å². The second-order valence-corrected chi connectivity index (χ2v) is 5.22. The molecule has 0 amide bonds. The lowest BCUT2D eigenvalue weighted by Crippen LogP contribution is -2.28. The normalized spacial score (nSPS) is 18.6. The first-order valence-electron chi connectivity index (χ1n) is 5.62. The highest BCUT2D eigenvalue weighted by atomic mass is 79.9. The van der Waals surface area contributed by atoms with Crippen LogP contribution in [0.4, 0.5) is 0 Å². The summed E-state index contributed by atoms with van der Waals surface area (Å²) in [5.41, 5.74) is 2.66. The fraction of sp³-hybridized carbons (Fsp3) is 0.308. The molecule has 2 nitrogen and oxygen atoms in total. The molecule has 0 aliphatic carbocycles. The number of hydrogen-bond donors (Lipinski definition) is 0. The molecule has 2 aliphatic heterocycles. The first-order valence-corrected chi connectivity index (χ1v) is 6.44. The van der Waals surface area contributed by atoms with E-state index in [2.05, 4.69) is 47.1 Å². The van der Waals surface area contributed by atoms with Crippen LogP contribution in [-0.2, 0) is 0 Å². The van der Waals surface area contributed by atoms with E-state index in [1.165, 1.54) is 21.3 Å². The van der Waals surface area contributed by atoms with Crippen molar-refractivity contribution in [3.05, 3.63) is 40.8 Å². The molecule has 0 radical (unpaired) electrons. The Morgan fingerprint density at radius 3 is 2.76 bits per heavy atom. The summed E-state index contributed by atoms with van der Waals surface area (Å²) in [6.45, 7) is 4.27. The number of rotatable bonds is 1. The Balaban J connectivity index is 0.00000108. The van der Waals surface area contributed by atoms with E-state index in [9.17, 15) is 0 Å². The molecule has 0 spiro atoms. The molecule has 2 heterocycles. The Labute approximate surface area is 117 Å². The highest BCUT2D eigenvalue weighted by Crippen LogP contribution is 2.40. The molecular weight excluding hydrogens is 296 g/mol. The average molecular weight is 311 g/mol. The minimum Gasteiger partial charge on any atom is -0.320 e. The topological polar surface area (TPSA) is 15.6 Å². The molecule has 0 atom stereocenters. The van der Waals surface area contributed by atoms with Gasteiger partial charge >= 0.3 is 0 Å². The smallest absolute Gasteiger partial charge is 0.168 e. The maximum absolute atomic E-state index is 4.58.